The zero-order valence-electron chi connectivity index (χ0n) is 5.00. The Bertz CT molecular complexity index is 12.3. The second kappa shape index (κ2) is 9.33. The molecular formula is C4H12SiTi-. The van der Waals surface area contributed by atoms with Gasteiger partial charge in [-0.25, -0.2) is 0 Å². The Morgan fingerprint density at radius 3 is 1.00 bits per heavy atom. The molecule has 0 aliphatic heterocycles. The summed E-state index contributed by atoms with van der Waals surface area (Å²) in [5.74, 6) is 0. The minimum atomic E-state index is 0. The maximum atomic E-state index is 2.27. The quantitative estimate of drug-likeness (QED) is 0.352. The van der Waals surface area contributed by atoms with Crippen LogP contribution in [0, 0.1) is 7.43 Å². The van der Waals surface area contributed by atoms with Gasteiger partial charge in [0, 0.05) is 30.5 Å². The molecular weight excluding hydrogens is 124 g/mol. The van der Waals surface area contributed by atoms with Crippen LogP contribution in [-0.4, -0.2) is 8.80 Å². The second-order valence-corrected chi connectivity index (χ2v) is 4.50. The molecule has 0 aromatic rings. The standard InChI is InChI=1S/C3H9Si.CH3.Ti/c1-4(2)3;;/h1-3H3;1H3;/q;-1;. The summed E-state index contributed by atoms with van der Waals surface area (Å²) in [6, 6.07) is 0. The Morgan fingerprint density at radius 2 is 1.00 bits per heavy atom. The van der Waals surface area contributed by atoms with E-state index in [4.69, 9.17) is 0 Å². The molecule has 0 fully saturated rings. The van der Waals surface area contributed by atoms with E-state index in [0.29, 0.717) is 0 Å². The summed E-state index contributed by atoms with van der Waals surface area (Å²) in [6.07, 6.45) is 0. The fourth-order valence-electron chi connectivity index (χ4n) is 0. The molecule has 0 aliphatic carbocycles. The molecule has 0 spiro atoms. The van der Waals surface area contributed by atoms with E-state index in [-0.39, 0.29) is 37.9 Å². The van der Waals surface area contributed by atoms with Gasteiger partial charge in [-0.3, -0.25) is 0 Å². The molecule has 0 atom stereocenters. The molecule has 2 heteroatoms. The van der Waals surface area contributed by atoms with Crippen LogP contribution in [0.5, 0.6) is 0 Å². The topological polar surface area (TPSA) is 0 Å². The van der Waals surface area contributed by atoms with Crippen LogP contribution < -0.4 is 0 Å². The molecule has 6 heavy (non-hydrogen) atoms. The summed E-state index contributed by atoms with van der Waals surface area (Å²) in [5.41, 5.74) is 0. The molecule has 0 rings (SSSR count). The Balaban J connectivity index is -0.0000000450. The first kappa shape index (κ1) is 15.8. The van der Waals surface area contributed by atoms with Crippen molar-refractivity contribution in [3.8, 4) is 0 Å². The molecule has 0 saturated carbocycles. The monoisotopic (exact) mass is 136 g/mol. The van der Waals surface area contributed by atoms with Gasteiger partial charge in [0.15, 0.2) is 0 Å². The molecule has 0 unspecified atom stereocenters. The third-order valence-electron chi connectivity index (χ3n) is 0. The van der Waals surface area contributed by atoms with Crippen LogP contribution >= 0.6 is 0 Å². The first-order valence-electron chi connectivity index (χ1n) is 1.50. The predicted molar refractivity (Wildman–Crippen MR) is 29.8 cm³/mol. The van der Waals surface area contributed by atoms with E-state index in [9.17, 15) is 0 Å². The van der Waals surface area contributed by atoms with E-state index >= 15 is 0 Å². The van der Waals surface area contributed by atoms with Gasteiger partial charge in [-0.1, -0.05) is 19.6 Å². The van der Waals surface area contributed by atoms with Crippen LogP contribution in [0.15, 0.2) is 0 Å². The van der Waals surface area contributed by atoms with Gasteiger partial charge in [0.25, 0.3) is 0 Å². The third kappa shape index (κ3) is 87.9. The fourth-order valence-corrected chi connectivity index (χ4v) is 0. The van der Waals surface area contributed by atoms with Crippen molar-refractivity contribution < 1.29 is 21.7 Å². The van der Waals surface area contributed by atoms with E-state index in [1.165, 1.54) is 0 Å². The van der Waals surface area contributed by atoms with Gasteiger partial charge in [-0.05, 0) is 0 Å². The van der Waals surface area contributed by atoms with Crippen molar-refractivity contribution in [2.24, 2.45) is 0 Å². The second-order valence-electron chi connectivity index (χ2n) is 1.50. The number of hydrogen-bond donors (Lipinski definition) is 0. The van der Waals surface area contributed by atoms with Gasteiger partial charge in [-0.2, -0.15) is 0 Å². The molecule has 0 nitrogen and oxygen atoms in total. The first-order valence-corrected chi connectivity index (χ1v) is 4.50. The molecule has 37 valence electrons. The van der Waals surface area contributed by atoms with Crippen LogP contribution in [-0.2, 0) is 21.7 Å². The maximum Gasteiger partial charge on any atom is 0.0379 e. The van der Waals surface area contributed by atoms with Gasteiger partial charge < -0.3 is 7.43 Å². The van der Waals surface area contributed by atoms with Gasteiger partial charge in [0.2, 0.25) is 0 Å². The molecule has 0 amide bonds. The van der Waals surface area contributed by atoms with Crippen molar-refractivity contribution in [2.75, 3.05) is 0 Å². The first-order chi connectivity index (χ1) is 1.73. The summed E-state index contributed by atoms with van der Waals surface area (Å²) in [7, 11) is 0.120. The van der Waals surface area contributed by atoms with E-state index in [1.807, 2.05) is 0 Å². The number of rotatable bonds is 0. The van der Waals surface area contributed by atoms with Crippen LogP contribution in [0.4, 0.5) is 0 Å². The van der Waals surface area contributed by atoms with Crippen LogP contribution in [0.25, 0.3) is 0 Å². The molecule has 0 aromatic carbocycles. The van der Waals surface area contributed by atoms with Gasteiger partial charge >= 0.3 is 0 Å². The van der Waals surface area contributed by atoms with E-state index in [2.05, 4.69) is 19.6 Å². The maximum absolute atomic E-state index is 2.27. The van der Waals surface area contributed by atoms with Crippen LogP contribution in [0.2, 0.25) is 19.6 Å². The summed E-state index contributed by atoms with van der Waals surface area (Å²) < 4.78 is 0. The molecule has 0 bridgehead atoms. The van der Waals surface area contributed by atoms with E-state index in [0.717, 1.165) is 0 Å². The Kier molecular flexibility index (Phi) is 24.5. The Hall–Kier alpha value is 0.931. The molecule has 0 saturated heterocycles. The minimum Gasteiger partial charge on any atom is -0.358 e. The van der Waals surface area contributed by atoms with E-state index in [1.54, 1.807) is 0 Å². The van der Waals surface area contributed by atoms with Crippen LogP contribution in [0.1, 0.15) is 0 Å². The largest absolute Gasteiger partial charge is 0.358 e. The SMILES string of the molecule is C[Si](C)C.[CH3-].[Ti]. The molecule has 1 radical (unpaired) electrons. The summed E-state index contributed by atoms with van der Waals surface area (Å²) in [6.45, 7) is 6.81. The minimum absolute atomic E-state index is 0. The van der Waals surface area contributed by atoms with Crippen molar-refractivity contribution >= 4 is 8.80 Å². The molecule has 0 aliphatic rings. The Morgan fingerprint density at radius 1 is 1.00 bits per heavy atom. The molecule has 0 aromatic heterocycles. The normalized spacial score (nSPS) is 6.00. The van der Waals surface area contributed by atoms with Crippen molar-refractivity contribution in [1.29, 1.82) is 0 Å². The van der Waals surface area contributed by atoms with Gasteiger partial charge in [-0.15, -0.1) is 0 Å². The number of hydrogen-bond acceptors (Lipinski definition) is 0. The van der Waals surface area contributed by atoms with Crippen molar-refractivity contribution in [1.82, 2.24) is 0 Å². The summed E-state index contributed by atoms with van der Waals surface area (Å²) >= 11 is 0. The summed E-state index contributed by atoms with van der Waals surface area (Å²) in [5, 5.41) is 0. The third-order valence-corrected chi connectivity index (χ3v) is 0. The Labute approximate surface area is 57.8 Å². The molecule has 0 heterocycles. The van der Waals surface area contributed by atoms with Crippen molar-refractivity contribution in [2.45, 2.75) is 19.6 Å². The fraction of sp³-hybridized carbons (Fsp3) is 0.750. The van der Waals surface area contributed by atoms with Gasteiger partial charge in [0.1, 0.15) is 0 Å². The van der Waals surface area contributed by atoms with Crippen molar-refractivity contribution in [3.05, 3.63) is 7.43 Å². The smallest absolute Gasteiger partial charge is 0.0379 e. The zero-order chi connectivity index (χ0) is 3.58. The predicted octanol–water partition coefficient (Wildman–Crippen LogP) is 1.82. The zero-order valence-corrected chi connectivity index (χ0v) is 7.56. The van der Waals surface area contributed by atoms with E-state index < -0.39 is 0 Å². The molecule has 0 N–H and O–H groups in total. The van der Waals surface area contributed by atoms with Gasteiger partial charge in [0.05, 0.1) is 0 Å². The average molecular weight is 136 g/mol. The summed E-state index contributed by atoms with van der Waals surface area (Å²) in [4.78, 5) is 0. The average Bonchev–Trinajstić information content (AvgIpc) is 0.811. The van der Waals surface area contributed by atoms with Crippen LogP contribution in [0.3, 0.4) is 0 Å². The van der Waals surface area contributed by atoms with Crippen molar-refractivity contribution in [3.63, 3.8) is 0 Å².